The predicted octanol–water partition coefficient (Wildman–Crippen LogP) is 2.38. The number of rotatable bonds is 2. The summed E-state index contributed by atoms with van der Waals surface area (Å²) in [5.41, 5.74) is 0.137. The molecule has 0 N–H and O–H groups in total. The minimum atomic E-state index is 0. The van der Waals surface area contributed by atoms with E-state index in [0.29, 0.717) is 0 Å². The van der Waals surface area contributed by atoms with Crippen LogP contribution in [0.2, 0.25) is 0 Å². The molecular weight excluding hydrogens is 187 g/mol. The van der Waals surface area contributed by atoms with Crippen molar-refractivity contribution in [2.45, 2.75) is 32.7 Å². The van der Waals surface area contributed by atoms with E-state index in [1.807, 2.05) is 0 Å². The van der Waals surface area contributed by atoms with Gasteiger partial charge in [0.2, 0.25) is 0 Å². The zero-order valence-corrected chi connectivity index (χ0v) is 9.48. The van der Waals surface area contributed by atoms with Crippen LogP contribution in [-0.2, 0) is 32.7 Å². The van der Waals surface area contributed by atoms with Crippen molar-refractivity contribution in [2.75, 3.05) is 6.54 Å². The van der Waals surface area contributed by atoms with Crippen molar-refractivity contribution in [2.24, 2.45) is 0 Å². The molecule has 0 spiro atoms. The van der Waals surface area contributed by atoms with E-state index in [-0.39, 0.29) is 38.2 Å². The molecule has 0 saturated carbocycles. The van der Waals surface area contributed by atoms with Gasteiger partial charge in [-0.2, -0.15) is 6.54 Å². The fourth-order valence-electron chi connectivity index (χ4n) is 0.414. The van der Waals surface area contributed by atoms with E-state index in [9.17, 15) is 0 Å². The minimum absolute atomic E-state index is 0. The Kier molecular flexibility index (Phi) is 8.22. The van der Waals surface area contributed by atoms with Gasteiger partial charge in [-0.25, -0.2) is 6.42 Å². The van der Waals surface area contributed by atoms with Crippen molar-refractivity contribution in [3.8, 4) is 0 Å². The van der Waals surface area contributed by atoms with Crippen LogP contribution in [-0.4, -0.2) is 12.1 Å². The summed E-state index contributed by atoms with van der Waals surface area (Å²) >= 11 is 0. The first-order valence-corrected chi connectivity index (χ1v) is 3.04. The van der Waals surface area contributed by atoms with Gasteiger partial charge in [-0.05, 0) is 0 Å². The second kappa shape index (κ2) is 5.82. The Morgan fingerprint density at radius 2 is 1.78 bits per heavy atom. The van der Waals surface area contributed by atoms with E-state index in [1.54, 1.807) is 0 Å². The molecule has 0 aliphatic carbocycles. The number of hydrogen-bond donors (Lipinski definition) is 0. The summed E-state index contributed by atoms with van der Waals surface area (Å²) in [6.45, 7) is 10.9. The summed E-state index contributed by atoms with van der Waals surface area (Å²) < 4.78 is 0. The first kappa shape index (κ1) is 12.7. The predicted molar refractivity (Wildman–Crippen MR) is 38.0 cm³/mol. The molecule has 0 heterocycles. The van der Waals surface area contributed by atoms with Crippen molar-refractivity contribution in [1.29, 1.82) is 0 Å². The van der Waals surface area contributed by atoms with E-state index < -0.39 is 0 Å². The van der Waals surface area contributed by atoms with Crippen molar-refractivity contribution in [3.05, 3.63) is 12.2 Å². The first-order chi connectivity index (χ1) is 3.56. The Labute approximate surface area is 83.9 Å². The van der Waals surface area contributed by atoms with Gasteiger partial charge in [0.15, 0.2) is 0 Å². The molecule has 0 rings (SSSR count). The molecule has 53 valence electrons. The molecule has 0 aliphatic rings. The molecule has 0 aliphatic heterocycles. The summed E-state index contributed by atoms with van der Waals surface area (Å²) in [6, 6.07) is 0. The molecule has 0 bridgehead atoms. The maximum absolute atomic E-state index is 4.31. The fraction of sp³-hybridized carbons (Fsp3) is 0.857. The Morgan fingerprint density at radius 3 is 1.89 bits per heavy atom. The van der Waals surface area contributed by atoms with Gasteiger partial charge in [0.25, 0.3) is 0 Å². The SMILES string of the molecule is [CH2-]CC[N-]C(C)(C)C.[Y]. The van der Waals surface area contributed by atoms with Crippen LogP contribution in [0.15, 0.2) is 0 Å². The largest absolute Gasteiger partial charge is 0.659 e. The van der Waals surface area contributed by atoms with E-state index >= 15 is 0 Å². The number of nitrogens with zero attached hydrogens (tertiary/aromatic N) is 1. The van der Waals surface area contributed by atoms with Crippen molar-refractivity contribution in [3.63, 3.8) is 0 Å². The Bertz CT molecular complexity index is 56.4. The second-order valence-corrected chi connectivity index (χ2v) is 2.91. The van der Waals surface area contributed by atoms with Crippen LogP contribution in [0.5, 0.6) is 0 Å². The number of hydrogen-bond acceptors (Lipinski definition) is 0. The van der Waals surface area contributed by atoms with Gasteiger partial charge < -0.3 is 12.2 Å². The second-order valence-electron chi connectivity index (χ2n) is 2.91. The summed E-state index contributed by atoms with van der Waals surface area (Å²) in [6.07, 6.45) is 0.914. The van der Waals surface area contributed by atoms with Crippen molar-refractivity contribution >= 4 is 0 Å². The molecule has 0 amide bonds. The molecule has 1 nitrogen and oxygen atoms in total. The monoisotopic (exact) mass is 202 g/mol. The summed E-state index contributed by atoms with van der Waals surface area (Å²) in [4.78, 5) is 0. The quantitative estimate of drug-likeness (QED) is 0.610. The molecule has 0 fully saturated rings. The van der Waals surface area contributed by atoms with Crippen LogP contribution >= 0.6 is 0 Å². The normalized spacial score (nSPS) is 10.7. The molecule has 0 unspecified atom stereocenters. The maximum Gasteiger partial charge on any atom is 0 e. The molecule has 0 aromatic rings. The van der Waals surface area contributed by atoms with Crippen molar-refractivity contribution < 1.29 is 32.7 Å². The third-order valence-electron chi connectivity index (χ3n) is 0.744. The average Bonchev–Trinajstić information content (AvgIpc) is 1.59. The van der Waals surface area contributed by atoms with Gasteiger partial charge >= 0.3 is 0 Å². The third kappa shape index (κ3) is 12.3. The van der Waals surface area contributed by atoms with Gasteiger partial charge in [0, 0.05) is 32.7 Å². The van der Waals surface area contributed by atoms with Crippen LogP contribution in [0, 0.1) is 6.92 Å². The van der Waals surface area contributed by atoms with Crippen LogP contribution in [0.4, 0.5) is 0 Å². The Hall–Kier alpha value is 1.06. The van der Waals surface area contributed by atoms with E-state index in [2.05, 4.69) is 33.0 Å². The summed E-state index contributed by atoms with van der Waals surface area (Å²) in [5, 5.41) is 4.31. The molecule has 0 aromatic heterocycles. The molecule has 0 aromatic carbocycles. The third-order valence-corrected chi connectivity index (χ3v) is 0.744. The van der Waals surface area contributed by atoms with Gasteiger partial charge in [0.1, 0.15) is 0 Å². The molecule has 9 heavy (non-hydrogen) atoms. The smallest absolute Gasteiger partial charge is 0 e. The van der Waals surface area contributed by atoms with Crippen LogP contribution in [0.1, 0.15) is 27.2 Å². The van der Waals surface area contributed by atoms with E-state index in [4.69, 9.17) is 0 Å². The van der Waals surface area contributed by atoms with Crippen LogP contribution < -0.4 is 0 Å². The van der Waals surface area contributed by atoms with E-state index in [1.165, 1.54) is 0 Å². The molecule has 0 atom stereocenters. The maximum atomic E-state index is 4.31. The molecule has 1 radical (unpaired) electrons. The molecule has 2 heteroatoms. The Morgan fingerprint density at radius 1 is 1.33 bits per heavy atom. The van der Waals surface area contributed by atoms with Crippen LogP contribution in [0.25, 0.3) is 5.32 Å². The molecule has 0 saturated heterocycles. The summed E-state index contributed by atoms with van der Waals surface area (Å²) in [7, 11) is 0. The molecular formula is C7H15NY-2. The van der Waals surface area contributed by atoms with Crippen molar-refractivity contribution in [1.82, 2.24) is 0 Å². The fourth-order valence-corrected chi connectivity index (χ4v) is 0.414. The van der Waals surface area contributed by atoms with Crippen LogP contribution in [0.3, 0.4) is 0 Å². The minimum Gasteiger partial charge on any atom is -0.659 e. The topological polar surface area (TPSA) is 14.1 Å². The average molecular weight is 202 g/mol. The van der Waals surface area contributed by atoms with E-state index in [0.717, 1.165) is 13.0 Å². The summed E-state index contributed by atoms with van der Waals surface area (Å²) in [5.74, 6) is 0. The van der Waals surface area contributed by atoms with Gasteiger partial charge in [-0.15, -0.1) is 5.54 Å². The van der Waals surface area contributed by atoms with Gasteiger partial charge in [0.05, 0.1) is 0 Å². The zero-order chi connectivity index (χ0) is 6.62. The van der Waals surface area contributed by atoms with Gasteiger partial charge in [-0.3, -0.25) is 0 Å². The first-order valence-electron chi connectivity index (χ1n) is 3.04. The Balaban J connectivity index is 0. The standard InChI is InChI=1S/C7H15N.Y/c1-5-6-8-7(2,3)4;/h1,5-6H2,2-4H3;/q-2;. The van der Waals surface area contributed by atoms with Gasteiger partial charge in [-0.1, -0.05) is 20.8 Å². The zero-order valence-electron chi connectivity index (χ0n) is 6.65.